The van der Waals surface area contributed by atoms with Crippen LogP contribution in [0.2, 0.25) is 0 Å². The summed E-state index contributed by atoms with van der Waals surface area (Å²) in [5, 5.41) is 2.84. The van der Waals surface area contributed by atoms with E-state index in [-0.39, 0.29) is 5.91 Å². The minimum Gasteiger partial charge on any atom is -0.480 e. The molecule has 4 heteroatoms. The summed E-state index contributed by atoms with van der Waals surface area (Å²) in [6.07, 6.45) is -0.493. The molecule has 0 fully saturated rings. The Morgan fingerprint density at radius 3 is 2.59 bits per heavy atom. The van der Waals surface area contributed by atoms with Gasteiger partial charge in [0.1, 0.15) is 5.75 Å². The molecule has 1 rings (SSSR count). The number of benzene rings is 1. The maximum absolute atomic E-state index is 11.7. The second-order valence-corrected chi connectivity index (χ2v) is 5.18. The maximum atomic E-state index is 11.7. The van der Waals surface area contributed by atoms with Gasteiger partial charge < -0.3 is 10.1 Å². The van der Waals surface area contributed by atoms with E-state index in [1.54, 1.807) is 6.92 Å². The second kappa shape index (κ2) is 6.64. The van der Waals surface area contributed by atoms with E-state index in [9.17, 15) is 4.79 Å². The van der Waals surface area contributed by atoms with E-state index in [0.717, 1.165) is 4.47 Å². The zero-order valence-electron chi connectivity index (χ0n) is 10.4. The first kappa shape index (κ1) is 14.0. The molecule has 0 bridgehead atoms. The largest absolute Gasteiger partial charge is 0.480 e. The second-order valence-electron chi connectivity index (χ2n) is 4.33. The summed E-state index contributed by atoms with van der Waals surface area (Å²) < 4.78 is 6.43. The third-order valence-corrected chi connectivity index (χ3v) is 2.85. The normalized spacial score (nSPS) is 12.3. The van der Waals surface area contributed by atoms with E-state index in [1.807, 2.05) is 24.3 Å². The average molecular weight is 300 g/mol. The van der Waals surface area contributed by atoms with Crippen LogP contribution in [-0.4, -0.2) is 18.6 Å². The number of hydrogen-bond acceptors (Lipinski definition) is 2. The lowest BCUT2D eigenvalue weighted by molar-refractivity contribution is -0.127. The molecule has 1 amide bonds. The van der Waals surface area contributed by atoms with Gasteiger partial charge >= 0.3 is 0 Å². The van der Waals surface area contributed by atoms with E-state index >= 15 is 0 Å². The molecule has 94 valence electrons. The van der Waals surface area contributed by atoms with Crippen molar-refractivity contribution in [2.45, 2.75) is 26.9 Å². The number of rotatable bonds is 5. The highest BCUT2D eigenvalue weighted by atomic mass is 79.9. The number of ether oxygens (including phenoxy) is 1. The van der Waals surface area contributed by atoms with Crippen molar-refractivity contribution in [3.63, 3.8) is 0 Å². The van der Waals surface area contributed by atoms with Crippen LogP contribution in [0.3, 0.4) is 0 Å². The topological polar surface area (TPSA) is 38.3 Å². The Morgan fingerprint density at radius 2 is 2.00 bits per heavy atom. The van der Waals surface area contributed by atoms with Gasteiger partial charge in [0.15, 0.2) is 6.10 Å². The van der Waals surface area contributed by atoms with Crippen molar-refractivity contribution in [3.05, 3.63) is 28.7 Å². The van der Waals surface area contributed by atoms with Crippen molar-refractivity contribution in [2.75, 3.05) is 6.54 Å². The highest BCUT2D eigenvalue weighted by molar-refractivity contribution is 9.10. The fourth-order valence-corrected chi connectivity index (χ4v) is 1.61. The third-order valence-electron chi connectivity index (χ3n) is 2.19. The molecule has 0 aromatic heterocycles. The predicted octanol–water partition coefficient (Wildman–Crippen LogP) is 2.99. The van der Waals surface area contributed by atoms with Crippen LogP contribution in [0.5, 0.6) is 5.75 Å². The molecule has 0 radical (unpaired) electrons. The van der Waals surface area contributed by atoms with Crippen LogP contribution in [0, 0.1) is 5.92 Å². The molecule has 0 saturated carbocycles. The Kier molecular flexibility index (Phi) is 5.48. The van der Waals surface area contributed by atoms with Crippen LogP contribution in [-0.2, 0) is 4.79 Å². The van der Waals surface area contributed by atoms with E-state index in [2.05, 4.69) is 35.1 Å². The number of halogens is 1. The maximum Gasteiger partial charge on any atom is 0.260 e. The van der Waals surface area contributed by atoms with Gasteiger partial charge in [-0.3, -0.25) is 4.79 Å². The number of carbonyl (C=O) groups is 1. The van der Waals surface area contributed by atoms with Gasteiger partial charge in [0.05, 0.1) is 4.47 Å². The summed E-state index contributed by atoms with van der Waals surface area (Å²) >= 11 is 3.38. The number of para-hydroxylation sites is 1. The zero-order chi connectivity index (χ0) is 12.8. The molecular weight excluding hydrogens is 282 g/mol. The molecule has 0 spiro atoms. The molecule has 0 aliphatic rings. The Morgan fingerprint density at radius 1 is 1.35 bits per heavy atom. The van der Waals surface area contributed by atoms with Crippen LogP contribution in [0.15, 0.2) is 28.7 Å². The van der Waals surface area contributed by atoms with Crippen molar-refractivity contribution in [1.29, 1.82) is 0 Å². The first-order chi connectivity index (χ1) is 8.00. The molecule has 0 heterocycles. The van der Waals surface area contributed by atoms with Crippen molar-refractivity contribution in [1.82, 2.24) is 5.32 Å². The van der Waals surface area contributed by atoms with E-state index < -0.39 is 6.10 Å². The van der Waals surface area contributed by atoms with Crippen molar-refractivity contribution >= 4 is 21.8 Å². The molecular formula is C13H18BrNO2. The summed E-state index contributed by atoms with van der Waals surface area (Å²) in [5.74, 6) is 1.03. The molecule has 1 atom stereocenters. The molecule has 1 aromatic rings. The fraction of sp³-hybridized carbons (Fsp3) is 0.462. The number of amides is 1. The first-order valence-electron chi connectivity index (χ1n) is 5.69. The lowest BCUT2D eigenvalue weighted by Crippen LogP contribution is -2.38. The fourth-order valence-electron chi connectivity index (χ4n) is 1.23. The quantitative estimate of drug-likeness (QED) is 0.908. The van der Waals surface area contributed by atoms with Crippen molar-refractivity contribution < 1.29 is 9.53 Å². The van der Waals surface area contributed by atoms with Gasteiger partial charge in [-0.2, -0.15) is 0 Å². The molecule has 0 aliphatic heterocycles. The van der Waals surface area contributed by atoms with Crippen LogP contribution >= 0.6 is 15.9 Å². The van der Waals surface area contributed by atoms with Gasteiger partial charge in [-0.15, -0.1) is 0 Å². The predicted molar refractivity (Wildman–Crippen MR) is 72.1 cm³/mol. The minimum absolute atomic E-state index is 0.0885. The monoisotopic (exact) mass is 299 g/mol. The summed E-state index contributed by atoms with van der Waals surface area (Å²) in [5.41, 5.74) is 0. The summed E-state index contributed by atoms with van der Waals surface area (Å²) in [7, 11) is 0. The molecule has 0 aliphatic carbocycles. The smallest absolute Gasteiger partial charge is 0.260 e. The number of hydrogen-bond donors (Lipinski definition) is 1. The Balaban J connectivity index is 2.51. The lowest BCUT2D eigenvalue weighted by atomic mass is 10.2. The Labute approximate surface area is 111 Å². The molecule has 3 nitrogen and oxygen atoms in total. The van der Waals surface area contributed by atoms with Crippen LogP contribution in [0.4, 0.5) is 0 Å². The molecule has 1 aromatic carbocycles. The summed E-state index contributed by atoms with van der Waals surface area (Å²) in [6.45, 7) is 6.52. The van der Waals surface area contributed by atoms with Crippen molar-refractivity contribution in [3.8, 4) is 5.75 Å². The molecule has 1 N–H and O–H groups in total. The van der Waals surface area contributed by atoms with Gasteiger partial charge in [-0.25, -0.2) is 0 Å². The summed E-state index contributed by atoms with van der Waals surface area (Å²) in [6, 6.07) is 7.49. The van der Waals surface area contributed by atoms with E-state index in [4.69, 9.17) is 4.74 Å². The van der Waals surface area contributed by atoms with Crippen LogP contribution in [0.1, 0.15) is 20.8 Å². The van der Waals surface area contributed by atoms with Gasteiger partial charge in [-0.05, 0) is 40.9 Å². The highest BCUT2D eigenvalue weighted by Crippen LogP contribution is 2.24. The van der Waals surface area contributed by atoms with Gasteiger partial charge in [0, 0.05) is 6.54 Å². The van der Waals surface area contributed by atoms with Gasteiger partial charge in [0.2, 0.25) is 0 Å². The lowest BCUT2D eigenvalue weighted by Gasteiger charge is -2.16. The highest BCUT2D eigenvalue weighted by Gasteiger charge is 2.15. The molecule has 17 heavy (non-hydrogen) atoms. The number of nitrogens with one attached hydrogen (secondary N) is 1. The van der Waals surface area contributed by atoms with E-state index in [0.29, 0.717) is 18.2 Å². The molecule has 1 unspecified atom stereocenters. The van der Waals surface area contributed by atoms with Gasteiger partial charge in [-0.1, -0.05) is 26.0 Å². The van der Waals surface area contributed by atoms with Gasteiger partial charge in [0.25, 0.3) is 5.91 Å². The standard InChI is InChI=1S/C13H18BrNO2/c1-9(2)8-15-13(16)10(3)17-12-7-5-4-6-11(12)14/h4-7,9-10H,8H2,1-3H3,(H,15,16). The van der Waals surface area contributed by atoms with E-state index in [1.165, 1.54) is 0 Å². The first-order valence-corrected chi connectivity index (χ1v) is 6.49. The van der Waals surface area contributed by atoms with Crippen LogP contribution in [0.25, 0.3) is 0 Å². The molecule has 0 saturated heterocycles. The zero-order valence-corrected chi connectivity index (χ0v) is 12.0. The third kappa shape index (κ3) is 4.77. The number of carbonyl (C=O) groups excluding carboxylic acids is 1. The summed E-state index contributed by atoms with van der Waals surface area (Å²) in [4.78, 5) is 11.7. The SMILES string of the molecule is CC(C)CNC(=O)C(C)Oc1ccccc1Br. The van der Waals surface area contributed by atoms with Crippen molar-refractivity contribution in [2.24, 2.45) is 5.92 Å². The minimum atomic E-state index is -0.493. The Hall–Kier alpha value is -1.03. The average Bonchev–Trinajstić information content (AvgIpc) is 2.28. The van der Waals surface area contributed by atoms with Crippen LogP contribution < -0.4 is 10.1 Å². The Bertz CT molecular complexity index is 379.